The highest BCUT2D eigenvalue weighted by Crippen LogP contribution is 2.53. The van der Waals surface area contributed by atoms with Crippen LogP contribution in [-0.4, -0.2) is 36.1 Å². The molecule has 2 heteroatoms. The molecule has 3 fully saturated rings. The monoisotopic (exact) mass is 250 g/mol. The molecule has 0 aromatic carbocycles. The first kappa shape index (κ1) is 12.9. The van der Waals surface area contributed by atoms with Crippen molar-refractivity contribution in [1.82, 2.24) is 10.2 Å². The van der Waals surface area contributed by atoms with E-state index >= 15 is 0 Å². The second-order valence-corrected chi connectivity index (χ2v) is 7.84. The molecule has 2 atom stereocenters. The number of nitrogens with zero attached hydrogens (tertiary/aromatic N) is 1. The SMILES string of the molecule is CC1CNC(C)(C2CC2)CN1CC1(C(C)C)CC1. The number of hydrogen-bond donors (Lipinski definition) is 1. The first-order valence-corrected chi connectivity index (χ1v) is 7.94. The van der Waals surface area contributed by atoms with Crippen molar-refractivity contribution in [2.45, 2.75) is 65.0 Å². The minimum atomic E-state index is 0.402. The maximum atomic E-state index is 3.83. The average molecular weight is 250 g/mol. The molecule has 1 N–H and O–H groups in total. The van der Waals surface area contributed by atoms with E-state index in [1.54, 1.807) is 0 Å². The molecule has 0 bridgehead atoms. The molecule has 18 heavy (non-hydrogen) atoms. The van der Waals surface area contributed by atoms with Crippen LogP contribution in [0.3, 0.4) is 0 Å². The summed E-state index contributed by atoms with van der Waals surface area (Å²) in [6.45, 7) is 13.5. The highest BCUT2D eigenvalue weighted by atomic mass is 15.3. The van der Waals surface area contributed by atoms with Gasteiger partial charge in [0, 0.05) is 31.2 Å². The fourth-order valence-electron chi connectivity index (χ4n) is 3.83. The zero-order chi connectivity index (χ0) is 13.0. The number of rotatable bonds is 4. The predicted molar refractivity (Wildman–Crippen MR) is 76.7 cm³/mol. The Bertz CT molecular complexity index is 315. The Balaban J connectivity index is 1.66. The van der Waals surface area contributed by atoms with Crippen LogP contribution in [0.5, 0.6) is 0 Å². The van der Waals surface area contributed by atoms with Crippen molar-refractivity contribution >= 4 is 0 Å². The molecule has 1 aliphatic heterocycles. The van der Waals surface area contributed by atoms with Gasteiger partial charge in [-0.15, -0.1) is 0 Å². The molecule has 2 aliphatic carbocycles. The van der Waals surface area contributed by atoms with Crippen LogP contribution in [0.2, 0.25) is 0 Å². The molecule has 2 saturated carbocycles. The van der Waals surface area contributed by atoms with Crippen molar-refractivity contribution in [1.29, 1.82) is 0 Å². The third-order valence-electron chi connectivity index (χ3n) is 6.07. The molecular formula is C16H30N2. The van der Waals surface area contributed by atoms with Gasteiger partial charge in [-0.3, -0.25) is 4.90 Å². The molecule has 2 nitrogen and oxygen atoms in total. The van der Waals surface area contributed by atoms with Crippen LogP contribution < -0.4 is 5.32 Å². The second-order valence-electron chi connectivity index (χ2n) is 7.84. The maximum absolute atomic E-state index is 3.83. The summed E-state index contributed by atoms with van der Waals surface area (Å²) in [5.74, 6) is 1.80. The van der Waals surface area contributed by atoms with Gasteiger partial charge in [-0.1, -0.05) is 13.8 Å². The van der Waals surface area contributed by atoms with E-state index in [4.69, 9.17) is 0 Å². The summed E-state index contributed by atoms with van der Waals surface area (Å²) < 4.78 is 0. The highest BCUT2D eigenvalue weighted by Gasteiger charge is 2.50. The van der Waals surface area contributed by atoms with Crippen LogP contribution in [0.15, 0.2) is 0 Å². The Morgan fingerprint density at radius 3 is 2.44 bits per heavy atom. The molecule has 0 aromatic rings. The smallest absolute Gasteiger partial charge is 0.0309 e. The van der Waals surface area contributed by atoms with E-state index in [2.05, 4.69) is 37.9 Å². The summed E-state index contributed by atoms with van der Waals surface area (Å²) in [6.07, 6.45) is 5.81. The van der Waals surface area contributed by atoms with E-state index in [9.17, 15) is 0 Å². The van der Waals surface area contributed by atoms with Gasteiger partial charge in [0.2, 0.25) is 0 Å². The number of piperazine rings is 1. The first-order valence-electron chi connectivity index (χ1n) is 7.94. The summed E-state index contributed by atoms with van der Waals surface area (Å²) in [6, 6.07) is 0.716. The van der Waals surface area contributed by atoms with Gasteiger partial charge in [0.05, 0.1) is 0 Å². The Labute approximate surface area is 113 Å². The van der Waals surface area contributed by atoms with Crippen molar-refractivity contribution in [3.63, 3.8) is 0 Å². The summed E-state index contributed by atoms with van der Waals surface area (Å²) >= 11 is 0. The molecule has 3 rings (SSSR count). The van der Waals surface area contributed by atoms with Gasteiger partial charge in [-0.25, -0.2) is 0 Å². The van der Waals surface area contributed by atoms with Gasteiger partial charge < -0.3 is 5.32 Å². The zero-order valence-electron chi connectivity index (χ0n) is 12.6. The number of nitrogens with one attached hydrogen (secondary N) is 1. The zero-order valence-corrected chi connectivity index (χ0v) is 12.6. The van der Waals surface area contributed by atoms with Gasteiger partial charge in [-0.2, -0.15) is 0 Å². The largest absolute Gasteiger partial charge is 0.308 e. The van der Waals surface area contributed by atoms with Crippen LogP contribution in [-0.2, 0) is 0 Å². The third kappa shape index (κ3) is 2.22. The van der Waals surface area contributed by atoms with E-state index in [0.717, 1.165) is 11.8 Å². The van der Waals surface area contributed by atoms with Crippen LogP contribution in [0.1, 0.15) is 53.4 Å². The number of hydrogen-bond acceptors (Lipinski definition) is 2. The molecule has 1 saturated heterocycles. The molecule has 1 heterocycles. The molecule has 104 valence electrons. The van der Waals surface area contributed by atoms with E-state index in [-0.39, 0.29) is 0 Å². The van der Waals surface area contributed by atoms with Crippen molar-refractivity contribution < 1.29 is 0 Å². The fourth-order valence-corrected chi connectivity index (χ4v) is 3.83. The molecule has 0 radical (unpaired) electrons. The summed E-state index contributed by atoms with van der Waals surface area (Å²) in [5, 5.41) is 3.83. The molecular weight excluding hydrogens is 220 g/mol. The minimum absolute atomic E-state index is 0.402. The van der Waals surface area contributed by atoms with Crippen molar-refractivity contribution in [3.05, 3.63) is 0 Å². The minimum Gasteiger partial charge on any atom is -0.308 e. The van der Waals surface area contributed by atoms with Gasteiger partial charge in [0.25, 0.3) is 0 Å². The lowest BCUT2D eigenvalue weighted by molar-refractivity contribution is 0.0560. The van der Waals surface area contributed by atoms with Crippen LogP contribution in [0.25, 0.3) is 0 Å². The molecule has 0 spiro atoms. The molecule has 0 amide bonds. The normalized spacial score (nSPS) is 40.2. The molecule has 3 aliphatic rings. The van der Waals surface area contributed by atoms with Gasteiger partial charge in [0.1, 0.15) is 0 Å². The lowest BCUT2D eigenvalue weighted by Crippen LogP contribution is -2.64. The summed E-state index contributed by atoms with van der Waals surface area (Å²) in [5.41, 5.74) is 1.07. The Morgan fingerprint density at radius 1 is 1.28 bits per heavy atom. The van der Waals surface area contributed by atoms with Gasteiger partial charge in [0.15, 0.2) is 0 Å². The Hall–Kier alpha value is -0.0800. The van der Waals surface area contributed by atoms with E-state index in [0.29, 0.717) is 17.0 Å². The lowest BCUT2D eigenvalue weighted by atomic mass is 9.87. The quantitative estimate of drug-likeness (QED) is 0.825. The first-order chi connectivity index (χ1) is 8.45. The fraction of sp³-hybridized carbons (Fsp3) is 1.00. The predicted octanol–water partition coefficient (Wildman–Crippen LogP) is 2.89. The van der Waals surface area contributed by atoms with Crippen molar-refractivity contribution in [2.24, 2.45) is 17.3 Å². The van der Waals surface area contributed by atoms with E-state index in [1.165, 1.54) is 45.3 Å². The summed E-state index contributed by atoms with van der Waals surface area (Å²) in [7, 11) is 0. The topological polar surface area (TPSA) is 15.3 Å². The Kier molecular flexibility index (Phi) is 3.02. The van der Waals surface area contributed by atoms with Crippen molar-refractivity contribution in [2.75, 3.05) is 19.6 Å². The molecule has 0 aromatic heterocycles. The second kappa shape index (κ2) is 4.21. The standard InChI is InChI=1S/C16H30N2/c1-12(2)16(7-8-16)11-18-10-15(4,14-5-6-14)17-9-13(18)3/h12-14,17H,5-11H2,1-4H3. The highest BCUT2D eigenvalue weighted by molar-refractivity contribution is 5.06. The van der Waals surface area contributed by atoms with Crippen LogP contribution in [0, 0.1) is 17.3 Å². The van der Waals surface area contributed by atoms with Crippen LogP contribution in [0.4, 0.5) is 0 Å². The van der Waals surface area contributed by atoms with Crippen molar-refractivity contribution in [3.8, 4) is 0 Å². The van der Waals surface area contributed by atoms with E-state index < -0.39 is 0 Å². The van der Waals surface area contributed by atoms with E-state index in [1.807, 2.05) is 0 Å². The maximum Gasteiger partial charge on any atom is 0.0309 e. The van der Waals surface area contributed by atoms with Crippen LogP contribution >= 0.6 is 0 Å². The van der Waals surface area contributed by atoms with Gasteiger partial charge >= 0.3 is 0 Å². The summed E-state index contributed by atoms with van der Waals surface area (Å²) in [4.78, 5) is 2.79. The Morgan fingerprint density at radius 2 is 1.94 bits per heavy atom. The average Bonchev–Trinajstić information content (AvgIpc) is 3.13. The molecule has 2 unspecified atom stereocenters. The third-order valence-corrected chi connectivity index (χ3v) is 6.07. The van der Waals surface area contributed by atoms with Gasteiger partial charge in [-0.05, 0) is 56.8 Å². The lowest BCUT2D eigenvalue weighted by Gasteiger charge is -2.47.